The molecule has 2 atom stereocenters. The van der Waals surface area contributed by atoms with Gasteiger partial charge in [-0.2, -0.15) is 0 Å². The van der Waals surface area contributed by atoms with Gasteiger partial charge in [-0.05, 0) is 80.0 Å². The van der Waals surface area contributed by atoms with Crippen LogP contribution in [0.1, 0.15) is 80.6 Å². The lowest BCUT2D eigenvalue weighted by Gasteiger charge is -2.52. The average molecular weight is 628 g/mol. The Morgan fingerprint density at radius 1 is 1.00 bits per heavy atom. The Kier molecular flexibility index (Phi) is 11.7. The first kappa shape index (κ1) is 33.7. The van der Waals surface area contributed by atoms with E-state index in [2.05, 4.69) is 17.1 Å². The second kappa shape index (κ2) is 15.2. The van der Waals surface area contributed by atoms with Gasteiger partial charge in [0.15, 0.2) is 0 Å². The van der Waals surface area contributed by atoms with E-state index in [0.29, 0.717) is 49.5 Å². The molecular formula is C34H46ClN3O6. The van der Waals surface area contributed by atoms with Crippen molar-refractivity contribution in [3.8, 4) is 11.5 Å². The summed E-state index contributed by atoms with van der Waals surface area (Å²) in [6, 6.07) is 13.9. The van der Waals surface area contributed by atoms with Crippen molar-refractivity contribution in [3.63, 3.8) is 0 Å². The largest absolute Gasteiger partial charge is 0.465 e. The number of hydrogen-bond donors (Lipinski definition) is 2. The summed E-state index contributed by atoms with van der Waals surface area (Å²) in [7, 11) is 1.35. The number of aliphatic hydroxyl groups excluding tert-OH is 1. The van der Waals surface area contributed by atoms with Gasteiger partial charge < -0.3 is 24.8 Å². The van der Waals surface area contributed by atoms with Crippen LogP contribution in [0, 0.1) is 5.92 Å². The monoisotopic (exact) mass is 627 g/mol. The third kappa shape index (κ3) is 7.38. The Morgan fingerprint density at radius 3 is 2.20 bits per heavy atom. The van der Waals surface area contributed by atoms with Crippen LogP contribution >= 0.6 is 12.4 Å². The molecule has 240 valence electrons. The molecule has 10 heteroatoms. The Labute approximate surface area is 266 Å². The standard InChI is InChI=1S/C34H45N3O6.ClH/c1-3-4-20-37-31(39)29(30(38)25-8-6-5-7-9-25)35-33(41)34(37)18-21-36(22-19-34)23-24-10-14-27(15-11-24)43-28-16-12-26(13-17-28)32(40)42-2;/h10-17,25,29-30,38H,3-9,18-23H2,1-2H3,(H,35,41);1H/t29-,30-;/m1./s1. The molecule has 1 saturated carbocycles. The summed E-state index contributed by atoms with van der Waals surface area (Å²) in [5.41, 5.74) is 0.744. The minimum absolute atomic E-state index is 0. The Balaban J connectivity index is 0.00000442. The number of likely N-dealkylation sites (tertiary alicyclic amines) is 1. The molecule has 0 unspecified atom stereocenters. The van der Waals surface area contributed by atoms with E-state index < -0.39 is 17.7 Å². The molecule has 1 spiro atoms. The quantitative estimate of drug-likeness (QED) is 0.353. The average Bonchev–Trinajstić information content (AvgIpc) is 3.04. The smallest absolute Gasteiger partial charge is 0.337 e. The molecular weight excluding hydrogens is 582 g/mol. The number of piperazine rings is 1. The number of carbonyl (C=O) groups is 3. The summed E-state index contributed by atoms with van der Waals surface area (Å²) in [6.45, 7) is 4.77. The Bertz CT molecular complexity index is 1260. The van der Waals surface area contributed by atoms with Crippen LogP contribution in [-0.2, 0) is 20.9 Å². The highest BCUT2D eigenvalue weighted by Crippen LogP contribution is 2.36. The maximum absolute atomic E-state index is 13.8. The summed E-state index contributed by atoms with van der Waals surface area (Å²) in [5.74, 6) is 0.778. The van der Waals surface area contributed by atoms with Crippen molar-refractivity contribution in [2.45, 2.75) is 88.9 Å². The molecule has 0 bridgehead atoms. The lowest BCUT2D eigenvalue weighted by atomic mass is 9.78. The highest BCUT2D eigenvalue weighted by atomic mass is 35.5. The van der Waals surface area contributed by atoms with Crippen molar-refractivity contribution in [3.05, 3.63) is 59.7 Å². The normalized spacial score (nSPS) is 21.3. The SMILES string of the molecule is CCCCN1C(=O)[C@@H]([C@H](O)C2CCCCC2)NC(=O)C12CCN(Cc1ccc(Oc3ccc(C(=O)OC)cc3)cc1)CC2.Cl. The number of unbranched alkanes of at least 4 members (excludes halogenated alkanes) is 1. The molecule has 5 rings (SSSR count). The molecule has 2 saturated heterocycles. The molecule has 9 nitrogen and oxygen atoms in total. The molecule has 0 aromatic heterocycles. The summed E-state index contributed by atoms with van der Waals surface area (Å²) in [6.07, 6.45) is 7.21. The van der Waals surface area contributed by atoms with Crippen molar-refractivity contribution in [1.29, 1.82) is 0 Å². The number of hydrogen-bond acceptors (Lipinski definition) is 7. The molecule has 3 fully saturated rings. The lowest BCUT2D eigenvalue weighted by Crippen LogP contribution is -2.75. The summed E-state index contributed by atoms with van der Waals surface area (Å²) in [5, 5.41) is 14.2. The van der Waals surface area contributed by atoms with Crippen molar-refractivity contribution >= 4 is 30.2 Å². The molecule has 2 heterocycles. The number of nitrogens with zero attached hydrogens (tertiary/aromatic N) is 2. The fourth-order valence-corrected chi connectivity index (χ4v) is 6.87. The number of amides is 2. The van der Waals surface area contributed by atoms with E-state index >= 15 is 0 Å². The number of esters is 1. The van der Waals surface area contributed by atoms with E-state index in [1.54, 1.807) is 24.3 Å². The van der Waals surface area contributed by atoms with Crippen LogP contribution in [0.4, 0.5) is 0 Å². The van der Waals surface area contributed by atoms with Gasteiger partial charge in [-0.1, -0.05) is 44.7 Å². The Morgan fingerprint density at radius 2 is 1.61 bits per heavy atom. The maximum Gasteiger partial charge on any atom is 0.337 e. The predicted octanol–water partition coefficient (Wildman–Crippen LogP) is 5.09. The number of carbonyl (C=O) groups excluding carboxylic acids is 3. The van der Waals surface area contributed by atoms with Crippen molar-refractivity contribution in [2.75, 3.05) is 26.7 Å². The van der Waals surface area contributed by atoms with Gasteiger partial charge in [0, 0.05) is 26.2 Å². The van der Waals surface area contributed by atoms with Gasteiger partial charge in [-0.25, -0.2) is 4.79 Å². The highest BCUT2D eigenvalue weighted by Gasteiger charge is 2.55. The highest BCUT2D eigenvalue weighted by molar-refractivity contribution is 6.00. The summed E-state index contributed by atoms with van der Waals surface area (Å²) >= 11 is 0. The number of piperidine rings is 1. The van der Waals surface area contributed by atoms with E-state index in [0.717, 1.165) is 50.6 Å². The molecule has 2 amide bonds. The number of ether oxygens (including phenoxy) is 2. The number of nitrogens with one attached hydrogen (secondary N) is 1. The van der Waals surface area contributed by atoms with Gasteiger partial charge in [0.05, 0.1) is 18.8 Å². The molecule has 2 aliphatic heterocycles. The first-order valence-corrected chi connectivity index (χ1v) is 15.8. The summed E-state index contributed by atoms with van der Waals surface area (Å²) < 4.78 is 10.7. The van der Waals surface area contributed by atoms with Gasteiger partial charge >= 0.3 is 5.97 Å². The topological polar surface area (TPSA) is 108 Å². The molecule has 0 radical (unpaired) electrons. The van der Waals surface area contributed by atoms with Crippen LogP contribution in [-0.4, -0.2) is 77.1 Å². The van der Waals surface area contributed by atoms with E-state index in [9.17, 15) is 19.5 Å². The van der Waals surface area contributed by atoms with E-state index in [-0.39, 0.29) is 36.1 Å². The summed E-state index contributed by atoms with van der Waals surface area (Å²) in [4.78, 5) is 43.4. The van der Waals surface area contributed by atoms with Gasteiger partial charge in [0.1, 0.15) is 23.1 Å². The Hall–Kier alpha value is -3.14. The number of benzene rings is 2. The zero-order chi connectivity index (χ0) is 30.4. The number of halogens is 1. The van der Waals surface area contributed by atoms with Crippen molar-refractivity contribution < 1.29 is 29.0 Å². The molecule has 2 N–H and O–H groups in total. The van der Waals surface area contributed by atoms with Gasteiger partial charge in [0.25, 0.3) is 0 Å². The van der Waals surface area contributed by atoms with Crippen molar-refractivity contribution in [2.24, 2.45) is 5.92 Å². The molecule has 3 aliphatic rings. The number of methoxy groups -OCH3 is 1. The molecule has 2 aromatic carbocycles. The third-order valence-corrected chi connectivity index (χ3v) is 9.49. The zero-order valence-electron chi connectivity index (χ0n) is 25.8. The van der Waals surface area contributed by atoms with Crippen LogP contribution in [0.5, 0.6) is 11.5 Å². The minimum atomic E-state index is -0.855. The maximum atomic E-state index is 13.8. The fraction of sp³-hybridized carbons (Fsp3) is 0.559. The van der Waals surface area contributed by atoms with Gasteiger partial charge in [-0.3, -0.25) is 14.5 Å². The van der Waals surface area contributed by atoms with Crippen LogP contribution in [0.25, 0.3) is 0 Å². The second-order valence-corrected chi connectivity index (χ2v) is 12.3. The molecule has 1 aliphatic carbocycles. The van der Waals surface area contributed by atoms with Crippen LogP contribution in [0.3, 0.4) is 0 Å². The third-order valence-electron chi connectivity index (χ3n) is 9.49. The lowest BCUT2D eigenvalue weighted by molar-refractivity contribution is -0.166. The van der Waals surface area contributed by atoms with Crippen LogP contribution < -0.4 is 10.1 Å². The number of rotatable bonds is 10. The predicted molar refractivity (Wildman–Crippen MR) is 170 cm³/mol. The second-order valence-electron chi connectivity index (χ2n) is 12.3. The zero-order valence-corrected chi connectivity index (χ0v) is 26.7. The van der Waals surface area contributed by atoms with Gasteiger partial charge in [-0.15, -0.1) is 12.4 Å². The van der Waals surface area contributed by atoms with Crippen LogP contribution in [0.15, 0.2) is 48.5 Å². The van der Waals surface area contributed by atoms with Gasteiger partial charge in [0.2, 0.25) is 11.8 Å². The molecule has 44 heavy (non-hydrogen) atoms. The van der Waals surface area contributed by atoms with Crippen molar-refractivity contribution in [1.82, 2.24) is 15.1 Å². The fourth-order valence-electron chi connectivity index (χ4n) is 6.87. The first-order valence-electron chi connectivity index (χ1n) is 15.8. The van der Waals surface area contributed by atoms with E-state index in [1.165, 1.54) is 13.5 Å². The first-order chi connectivity index (χ1) is 20.8. The van der Waals surface area contributed by atoms with Crippen LogP contribution in [0.2, 0.25) is 0 Å². The van der Waals surface area contributed by atoms with E-state index in [1.807, 2.05) is 29.2 Å². The number of aliphatic hydroxyl groups is 1. The minimum Gasteiger partial charge on any atom is -0.465 e. The van der Waals surface area contributed by atoms with E-state index in [4.69, 9.17) is 9.47 Å². The molecule has 2 aromatic rings.